The fourth-order valence-corrected chi connectivity index (χ4v) is 2.84. The maximum Gasteiger partial charge on any atom is 0.323 e. The van der Waals surface area contributed by atoms with Gasteiger partial charge in [0.1, 0.15) is 11.4 Å². The molecule has 5 heteroatoms. The fourth-order valence-electron chi connectivity index (χ4n) is 2.84. The Balaban J connectivity index is 1.95. The summed E-state index contributed by atoms with van der Waals surface area (Å²) in [5, 5.41) is 10.9. The summed E-state index contributed by atoms with van der Waals surface area (Å²) < 4.78 is 0. The highest BCUT2D eigenvalue weighted by Crippen LogP contribution is 2.38. The predicted octanol–water partition coefficient (Wildman–Crippen LogP) is 2.38. The van der Waals surface area contributed by atoms with E-state index in [4.69, 9.17) is 5.41 Å². The van der Waals surface area contributed by atoms with Gasteiger partial charge >= 0.3 is 6.03 Å². The third kappa shape index (κ3) is 2.26. The lowest BCUT2D eigenvalue weighted by atomic mass is 9.89. The van der Waals surface area contributed by atoms with Crippen molar-refractivity contribution in [3.05, 3.63) is 29.8 Å². The molecule has 1 aliphatic carbocycles. The quantitative estimate of drug-likeness (QED) is 0.892. The van der Waals surface area contributed by atoms with Crippen LogP contribution in [0.1, 0.15) is 25.3 Å². The number of hydrogen-bond donors (Lipinski definition) is 2. The Hall–Kier alpha value is -2.04. The number of carbonyl (C=O) groups is 1. The predicted molar refractivity (Wildman–Crippen MR) is 83.8 cm³/mol. The molecule has 1 aromatic carbocycles. The molecule has 0 radical (unpaired) electrons. The minimum absolute atomic E-state index is 0.147. The highest BCUT2D eigenvalue weighted by Gasteiger charge is 2.49. The monoisotopic (exact) mass is 286 g/mol. The van der Waals surface area contributed by atoms with Crippen LogP contribution in [0.2, 0.25) is 0 Å². The van der Waals surface area contributed by atoms with Crippen LogP contribution in [0.25, 0.3) is 0 Å². The van der Waals surface area contributed by atoms with E-state index >= 15 is 0 Å². The summed E-state index contributed by atoms with van der Waals surface area (Å²) in [5.74, 6) is 0.868. The SMILES string of the molecule is CN(C)c1ccc(C2(C)C(=N)NC(=O)N2CC2CC2)cc1. The van der Waals surface area contributed by atoms with Crippen molar-refractivity contribution in [3.8, 4) is 0 Å². The zero-order chi connectivity index (χ0) is 15.2. The van der Waals surface area contributed by atoms with Crippen LogP contribution in [0.5, 0.6) is 0 Å². The maximum absolute atomic E-state index is 12.2. The molecule has 0 aromatic heterocycles. The van der Waals surface area contributed by atoms with E-state index < -0.39 is 5.54 Å². The van der Waals surface area contributed by atoms with Crippen LogP contribution in [-0.2, 0) is 5.54 Å². The third-order valence-corrected chi connectivity index (χ3v) is 4.59. The minimum atomic E-state index is -0.676. The molecule has 5 nitrogen and oxygen atoms in total. The van der Waals surface area contributed by atoms with Crippen LogP contribution in [0, 0.1) is 11.3 Å². The van der Waals surface area contributed by atoms with Gasteiger partial charge < -0.3 is 9.80 Å². The number of benzene rings is 1. The van der Waals surface area contributed by atoms with Crippen molar-refractivity contribution >= 4 is 17.6 Å². The van der Waals surface area contributed by atoms with Gasteiger partial charge in [0.2, 0.25) is 0 Å². The summed E-state index contributed by atoms with van der Waals surface area (Å²) in [6.45, 7) is 2.69. The largest absolute Gasteiger partial charge is 0.378 e. The molecule has 2 N–H and O–H groups in total. The van der Waals surface area contributed by atoms with Gasteiger partial charge in [-0.2, -0.15) is 0 Å². The molecule has 112 valence electrons. The Morgan fingerprint density at radius 3 is 2.48 bits per heavy atom. The van der Waals surface area contributed by atoms with E-state index in [0.717, 1.165) is 17.8 Å². The van der Waals surface area contributed by atoms with Gasteiger partial charge in [0.25, 0.3) is 0 Å². The Bertz CT molecular complexity index is 576. The number of carbonyl (C=O) groups excluding carboxylic acids is 1. The number of urea groups is 1. The molecule has 1 heterocycles. The van der Waals surface area contributed by atoms with E-state index in [1.54, 1.807) is 0 Å². The molecule has 0 spiro atoms. The summed E-state index contributed by atoms with van der Waals surface area (Å²) in [4.78, 5) is 16.0. The molecule has 3 rings (SSSR count). The average Bonchev–Trinajstić information content (AvgIpc) is 3.24. The second kappa shape index (κ2) is 4.76. The number of rotatable bonds is 4. The number of nitrogens with zero attached hydrogens (tertiary/aromatic N) is 2. The zero-order valence-electron chi connectivity index (χ0n) is 12.8. The topological polar surface area (TPSA) is 59.4 Å². The summed E-state index contributed by atoms with van der Waals surface area (Å²) >= 11 is 0. The van der Waals surface area contributed by atoms with E-state index in [-0.39, 0.29) is 11.9 Å². The first-order valence-electron chi connectivity index (χ1n) is 7.38. The molecule has 2 fully saturated rings. The van der Waals surface area contributed by atoms with Gasteiger partial charge in [-0.25, -0.2) is 4.79 Å². The summed E-state index contributed by atoms with van der Waals surface area (Å²) in [7, 11) is 4.00. The number of nitrogens with one attached hydrogen (secondary N) is 2. The standard InChI is InChI=1S/C16H22N4O/c1-16(12-6-8-13(9-7-12)19(2)3)14(17)18-15(21)20(16)10-11-4-5-11/h6-9,11H,4-5,10H2,1-3H3,(H2,17,18,21). The van der Waals surface area contributed by atoms with Crippen molar-refractivity contribution in [1.82, 2.24) is 10.2 Å². The number of amides is 2. The Labute approximate surface area is 125 Å². The number of amidine groups is 1. The molecule has 1 saturated carbocycles. The number of hydrogen-bond acceptors (Lipinski definition) is 3. The van der Waals surface area contributed by atoms with Crippen molar-refractivity contribution in [2.75, 3.05) is 25.5 Å². The first kappa shape index (κ1) is 13.9. The highest BCUT2D eigenvalue weighted by atomic mass is 16.2. The molecule has 1 unspecified atom stereocenters. The van der Waals surface area contributed by atoms with Gasteiger partial charge in [-0.1, -0.05) is 12.1 Å². The lowest BCUT2D eigenvalue weighted by molar-refractivity contribution is 0.176. The second-order valence-corrected chi connectivity index (χ2v) is 6.37. The van der Waals surface area contributed by atoms with Crippen LogP contribution < -0.4 is 10.2 Å². The van der Waals surface area contributed by atoms with Gasteiger partial charge in [0, 0.05) is 26.3 Å². The molecular formula is C16H22N4O. The van der Waals surface area contributed by atoms with E-state index in [1.165, 1.54) is 12.8 Å². The Morgan fingerprint density at radius 2 is 1.95 bits per heavy atom. The summed E-state index contributed by atoms with van der Waals surface area (Å²) in [5.41, 5.74) is 1.42. The van der Waals surface area contributed by atoms with Gasteiger partial charge in [0.15, 0.2) is 0 Å². The normalized spacial score (nSPS) is 25.2. The smallest absolute Gasteiger partial charge is 0.323 e. The molecule has 1 aromatic rings. The van der Waals surface area contributed by atoms with Gasteiger partial charge in [-0.05, 0) is 43.4 Å². The molecule has 2 amide bonds. The van der Waals surface area contributed by atoms with Crippen molar-refractivity contribution in [2.45, 2.75) is 25.3 Å². The summed E-state index contributed by atoms with van der Waals surface area (Å²) in [6.07, 6.45) is 2.37. The molecule has 21 heavy (non-hydrogen) atoms. The Kier molecular flexibility index (Phi) is 3.15. The fraction of sp³-hybridized carbons (Fsp3) is 0.500. The van der Waals surface area contributed by atoms with Gasteiger partial charge in [-0.3, -0.25) is 10.7 Å². The van der Waals surface area contributed by atoms with E-state index in [9.17, 15) is 4.79 Å². The lowest BCUT2D eigenvalue weighted by Gasteiger charge is -2.34. The van der Waals surface area contributed by atoms with Crippen LogP contribution in [0.15, 0.2) is 24.3 Å². The van der Waals surface area contributed by atoms with E-state index in [0.29, 0.717) is 5.92 Å². The third-order valence-electron chi connectivity index (χ3n) is 4.59. The van der Waals surface area contributed by atoms with Crippen LogP contribution in [0.3, 0.4) is 0 Å². The van der Waals surface area contributed by atoms with E-state index in [1.807, 2.05) is 55.1 Å². The van der Waals surface area contributed by atoms with Crippen LogP contribution in [0.4, 0.5) is 10.5 Å². The van der Waals surface area contributed by atoms with E-state index in [2.05, 4.69) is 5.32 Å². The average molecular weight is 286 g/mol. The van der Waals surface area contributed by atoms with Crippen molar-refractivity contribution in [3.63, 3.8) is 0 Å². The second-order valence-electron chi connectivity index (χ2n) is 6.37. The summed E-state index contributed by atoms with van der Waals surface area (Å²) in [6, 6.07) is 7.96. The van der Waals surface area contributed by atoms with Crippen LogP contribution >= 0.6 is 0 Å². The van der Waals surface area contributed by atoms with Crippen LogP contribution in [-0.4, -0.2) is 37.4 Å². The van der Waals surface area contributed by atoms with Crippen molar-refractivity contribution in [1.29, 1.82) is 5.41 Å². The molecule has 1 saturated heterocycles. The van der Waals surface area contributed by atoms with Crippen molar-refractivity contribution < 1.29 is 4.79 Å². The first-order valence-corrected chi connectivity index (χ1v) is 7.38. The molecule has 1 atom stereocenters. The van der Waals surface area contributed by atoms with Gasteiger partial charge in [-0.15, -0.1) is 0 Å². The molecule has 0 bridgehead atoms. The van der Waals surface area contributed by atoms with Crippen molar-refractivity contribution in [2.24, 2.45) is 5.92 Å². The highest BCUT2D eigenvalue weighted by molar-refractivity contribution is 6.08. The zero-order valence-corrected chi connectivity index (χ0v) is 12.8. The first-order chi connectivity index (χ1) is 9.92. The minimum Gasteiger partial charge on any atom is -0.378 e. The molecule has 1 aliphatic heterocycles. The lowest BCUT2D eigenvalue weighted by Crippen LogP contribution is -2.45. The molecule has 2 aliphatic rings. The van der Waals surface area contributed by atoms with Gasteiger partial charge in [0.05, 0.1) is 0 Å². The Morgan fingerprint density at radius 1 is 1.33 bits per heavy atom. The molecular weight excluding hydrogens is 264 g/mol. The number of anilines is 1. The maximum atomic E-state index is 12.2.